The second-order valence-electron chi connectivity index (χ2n) is 3.34. The van der Waals surface area contributed by atoms with Gasteiger partial charge in [-0.1, -0.05) is 12.0 Å². The van der Waals surface area contributed by atoms with Crippen molar-refractivity contribution in [3.05, 3.63) is 23.9 Å². The average molecular weight is 298 g/mol. The summed E-state index contributed by atoms with van der Waals surface area (Å²) in [7, 11) is -4.10. The Morgan fingerprint density at radius 1 is 1.50 bits per heavy atom. The summed E-state index contributed by atoms with van der Waals surface area (Å²) in [6, 6.07) is 4.58. The Morgan fingerprint density at radius 3 is 2.90 bits per heavy atom. The van der Waals surface area contributed by atoms with Gasteiger partial charge in [0, 0.05) is 0 Å². The Bertz CT molecular complexity index is 633. The Hall–Kier alpha value is -2.31. The van der Waals surface area contributed by atoms with Crippen molar-refractivity contribution < 1.29 is 17.9 Å². The molecule has 4 N–H and O–H groups in total. The van der Waals surface area contributed by atoms with E-state index < -0.39 is 16.3 Å². The molecule has 0 aliphatic rings. The molecule has 0 unspecified atom stereocenters. The van der Waals surface area contributed by atoms with E-state index in [-0.39, 0.29) is 19.0 Å². The van der Waals surface area contributed by atoms with Crippen LogP contribution in [-0.2, 0) is 14.9 Å². The van der Waals surface area contributed by atoms with E-state index in [0.29, 0.717) is 5.69 Å². The van der Waals surface area contributed by atoms with Crippen LogP contribution in [0.25, 0.3) is 0 Å². The summed E-state index contributed by atoms with van der Waals surface area (Å²) < 4.78 is 31.4. The number of ether oxygens (including phenoxy) is 1. The Kier molecular flexibility index (Phi) is 5.76. The smallest absolute Gasteiger partial charge is 0.422 e. The number of pyridine rings is 1. The van der Waals surface area contributed by atoms with Crippen LogP contribution in [0.5, 0.6) is 0 Å². The van der Waals surface area contributed by atoms with E-state index in [2.05, 4.69) is 26.3 Å². The number of amides is 1. The second-order valence-corrected chi connectivity index (χ2v) is 4.76. The molecule has 0 fully saturated rings. The molecule has 1 amide bonds. The number of nitrogens with zero attached hydrogens (tertiary/aromatic N) is 1. The molecule has 1 heterocycles. The molecule has 108 valence electrons. The molecule has 0 bridgehead atoms. The largest absolute Gasteiger partial charge is 0.449 e. The van der Waals surface area contributed by atoms with Crippen molar-refractivity contribution >= 4 is 22.1 Å². The normalized spacial score (nSPS) is 10.1. The first-order valence-electron chi connectivity index (χ1n) is 5.60. The van der Waals surface area contributed by atoms with Gasteiger partial charge >= 0.3 is 16.3 Å². The highest BCUT2D eigenvalue weighted by molar-refractivity contribution is 7.91. The zero-order valence-corrected chi connectivity index (χ0v) is 11.5. The monoisotopic (exact) mass is 298 g/mol. The van der Waals surface area contributed by atoms with Crippen LogP contribution in [0, 0.1) is 11.8 Å². The topological polar surface area (TPSA) is 123 Å². The van der Waals surface area contributed by atoms with Gasteiger partial charge in [0.05, 0.1) is 13.2 Å². The number of anilines is 1. The number of nitrogens with two attached hydrogens (primary N) is 1. The Labute approximate surface area is 116 Å². The SMILES string of the molecule is CCOC(=O)NS(=O)(=O)Nc1cccc(C#CCN)n1. The number of rotatable bonds is 4. The van der Waals surface area contributed by atoms with E-state index >= 15 is 0 Å². The number of hydrogen-bond donors (Lipinski definition) is 3. The van der Waals surface area contributed by atoms with Crippen molar-refractivity contribution in [2.45, 2.75) is 6.92 Å². The molecule has 0 saturated heterocycles. The molecule has 0 aliphatic carbocycles. The van der Waals surface area contributed by atoms with Crippen molar-refractivity contribution in [3.8, 4) is 11.8 Å². The maximum absolute atomic E-state index is 11.6. The van der Waals surface area contributed by atoms with E-state index in [9.17, 15) is 13.2 Å². The Morgan fingerprint density at radius 2 is 2.25 bits per heavy atom. The zero-order valence-electron chi connectivity index (χ0n) is 10.7. The number of hydrogen-bond acceptors (Lipinski definition) is 6. The van der Waals surface area contributed by atoms with Gasteiger partial charge in [0.15, 0.2) is 0 Å². The minimum absolute atomic E-state index is 0.0191. The van der Waals surface area contributed by atoms with Gasteiger partial charge in [-0.25, -0.2) is 14.5 Å². The van der Waals surface area contributed by atoms with Gasteiger partial charge in [0.1, 0.15) is 11.5 Å². The molecule has 1 aromatic rings. The fraction of sp³-hybridized carbons (Fsp3) is 0.273. The molecule has 20 heavy (non-hydrogen) atoms. The first-order valence-corrected chi connectivity index (χ1v) is 7.08. The number of carbonyl (C=O) groups is 1. The van der Waals surface area contributed by atoms with E-state index in [0.717, 1.165) is 0 Å². The molecule has 0 atom stereocenters. The van der Waals surface area contributed by atoms with Crippen LogP contribution < -0.4 is 15.2 Å². The van der Waals surface area contributed by atoms with Gasteiger partial charge in [-0.2, -0.15) is 8.42 Å². The summed E-state index contributed by atoms with van der Waals surface area (Å²) in [6.07, 6.45) is -1.07. The second kappa shape index (κ2) is 7.32. The first kappa shape index (κ1) is 15.7. The lowest BCUT2D eigenvalue weighted by Crippen LogP contribution is -2.36. The van der Waals surface area contributed by atoms with Crippen molar-refractivity contribution in [2.75, 3.05) is 17.9 Å². The van der Waals surface area contributed by atoms with Crippen LogP contribution in [0.3, 0.4) is 0 Å². The molecule has 0 aromatic carbocycles. The molecule has 0 aliphatic heterocycles. The lowest BCUT2D eigenvalue weighted by atomic mass is 10.3. The molecule has 9 heteroatoms. The maximum atomic E-state index is 11.6. The van der Waals surface area contributed by atoms with Crippen molar-refractivity contribution in [1.82, 2.24) is 9.71 Å². The standard InChI is InChI=1S/C11H14N4O4S/c1-2-19-11(16)15-20(17,18)14-10-7-3-5-9(13-10)6-4-8-12/h3,5,7H,2,8,12H2,1H3,(H,13,14)(H,15,16). The summed E-state index contributed by atoms with van der Waals surface area (Å²) >= 11 is 0. The quantitative estimate of drug-likeness (QED) is 0.661. The van der Waals surface area contributed by atoms with Crippen molar-refractivity contribution in [3.63, 3.8) is 0 Å². The summed E-state index contributed by atoms with van der Waals surface area (Å²) in [5, 5.41) is 0. The highest BCUT2D eigenvalue weighted by atomic mass is 32.2. The molecule has 0 spiro atoms. The minimum atomic E-state index is -4.10. The third-order valence-electron chi connectivity index (χ3n) is 1.80. The van der Waals surface area contributed by atoms with Gasteiger partial charge in [-0.3, -0.25) is 4.72 Å². The maximum Gasteiger partial charge on any atom is 0.422 e. The first-order chi connectivity index (χ1) is 9.46. The number of nitrogens with one attached hydrogen (secondary N) is 2. The predicted molar refractivity (Wildman–Crippen MR) is 72.9 cm³/mol. The molecule has 1 rings (SSSR count). The van der Waals surface area contributed by atoms with E-state index in [1.165, 1.54) is 6.07 Å². The predicted octanol–water partition coefficient (Wildman–Crippen LogP) is -0.205. The van der Waals surface area contributed by atoms with E-state index in [4.69, 9.17) is 5.73 Å². The fourth-order valence-electron chi connectivity index (χ4n) is 1.14. The van der Waals surface area contributed by atoms with Crippen LogP contribution in [0.4, 0.5) is 10.6 Å². The lowest BCUT2D eigenvalue weighted by Gasteiger charge is -2.08. The van der Waals surface area contributed by atoms with Crippen molar-refractivity contribution in [2.24, 2.45) is 5.73 Å². The van der Waals surface area contributed by atoms with Crippen LogP contribution >= 0.6 is 0 Å². The van der Waals surface area contributed by atoms with Gasteiger partial charge in [0.25, 0.3) is 0 Å². The van der Waals surface area contributed by atoms with Gasteiger partial charge < -0.3 is 10.5 Å². The van der Waals surface area contributed by atoms with Crippen molar-refractivity contribution in [1.29, 1.82) is 0 Å². The van der Waals surface area contributed by atoms with Gasteiger partial charge in [0.2, 0.25) is 0 Å². The highest BCUT2D eigenvalue weighted by Gasteiger charge is 2.15. The fourth-order valence-corrected chi connectivity index (χ4v) is 1.85. The third-order valence-corrected chi connectivity index (χ3v) is 2.71. The van der Waals surface area contributed by atoms with Gasteiger partial charge in [-0.05, 0) is 25.0 Å². The van der Waals surface area contributed by atoms with E-state index in [1.807, 2.05) is 0 Å². The number of carbonyl (C=O) groups excluding carboxylic acids is 1. The molecular weight excluding hydrogens is 284 g/mol. The van der Waals surface area contributed by atoms with Gasteiger partial charge in [-0.15, -0.1) is 0 Å². The van der Waals surface area contributed by atoms with E-state index in [1.54, 1.807) is 23.8 Å². The highest BCUT2D eigenvalue weighted by Crippen LogP contribution is 2.05. The average Bonchev–Trinajstić information content (AvgIpc) is 2.35. The van der Waals surface area contributed by atoms with Crippen LogP contribution in [0.1, 0.15) is 12.6 Å². The lowest BCUT2D eigenvalue weighted by molar-refractivity contribution is 0.159. The minimum Gasteiger partial charge on any atom is -0.449 e. The summed E-state index contributed by atoms with van der Waals surface area (Å²) in [5.41, 5.74) is 5.58. The third kappa shape index (κ3) is 5.55. The molecule has 0 radical (unpaired) electrons. The van der Waals surface area contributed by atoms with Crippen LogP contribution in [0.15, 0.2) is 18.2 Å². The van der Waals surface area contributed by atoms with Crippen LogP contribution in [-0.4, -0.2) is 32.6 Å². The zero-order chi connectivity index (χ0) is 15.0. The molecule has 1 aromatic heterocycles. The molecular formula is C11H14N4O4S. The molecule has 8 nitrogen and oxygen atoms in total. The summed E-state index contributed by atoms with van der Waals surface area (Å²) in [5.74, 6) is 5.27. The summed E-state index contributed by atoms with van der Waals surface area (Å²) in [6.45, 7) is 1.78. The van der Waals surface area contributed by atoms with Crippen LogP contribution in [0.2, 0.25) is 0 Å². The number of aromatic nitrogens is 1. The Balaban J connectivity index is 2.79. The molecule has 0 saturated carbocycles. The summed E-state index contributed by atoms with van der Waals surface area (Å²) in [4.78, 5) is 15.0.